The second-order valence-corrected chi connectivity index (χ2v) is 5.53. The highest BCUT2D eigenvalue weighted by Gasteiger charge is 2.26. The molecular formula is C18H18N2O4. The lowest BCUT2D eigenvalue weighted by Crippen LogP contribution is -2.27. The molecule has 6 nitrogen and oxygen atoms in total. The van der Waals surface area contributed by atoms with Crippen LogP contribution in [0.4, 0.5) is 0 Å². The van der Waals surface area contributed by atoms with Crippen LogP contribution in [0.3, 0.4) is 0 Å². The predicted molar refractivity (Wildman–Crippen MR) is 87.1 cm³/mol. The number of aromatic nitrogens is 1. The lowest BCUT2D eigenvalue weighted by atomic mass is 10.0. The van der Waals surface area contributed by atoms with E-state index < -0.39 is 0 Å². The quantitative estimate of drug-likeness (QED) is 0.872. The number of rotatable bonds is 4. The van der Waals surface area contributed by atoms with E-state index in [-0.39, 0.29) is 23.8 Å². The molecule has 0 aliphatic heterocycles. The molecule has 1 atom stereocenters. The molecular weight excluding hydrogens is 308 g/mol. The van der Waals surface area contributed by atoms with Gasteiger partial charge in [0.1, 0.15) is 5.56 Å². The Kier molecular flexibility index (Phi) is 4.46. The first-order valence-corrected chi connectivity index (χ1v) is 7.65. The van der Waals surface area contributed by atoms with Crippen LogP contribution < -0.4 is 10.1 Å². The topological polar surface area (TPSA) is 77.5 Å². The molecule has 1 aliphatic rings. The van der Waals surface area contributed by atoms with Crippen LogP contribution >= 0.6 is 0 Å². The van der Waals surface area contributed by atoms with Gasteiger partial charge in [-0.05, 0) is 48.2 Å². The van der Waals surface area contributed by atoms with E-state index in [1.54, 1.807) is 30.5 Å². The van der Waals surface area contributed by atoms with Gasteiger partial charge in [-0.1, -0.05) is 6.07 Å². The number of aryl methyl sites for hydroxylation is 1. The molecule has 0 saturated heterocycles. The molecule has 0 spiro atoms. The van der Waals surface area contributed by atoms with Gasteiger partial charge in [0.25, 0.3) is 5.91 Å². The van der Waals surface area contributed by atoms with E-state index >= 15 is 0 Å². The number of amides is 1. The number of hydrogen-bond donors (Lipinski definition) is 1. The highest BCUT2D eigenvalue weighted by molar-refractivity contribution is 5.96. The summed E-state index contributed by atoms with van der Waals surface area (Å²) >= 11 is 0. The van der Waals surface area contributed by atoms with Crippen molar-refractivity contribution < 1.29 is 19.1 Å². The minimum Gasteiger partial charge on any atom is -0.480 e. The van der Waals surface area contributed by atoms with E-state index in [0.29, 0.717) is 11.1 Å². The monoisotopic (exact) mass is 326 g/mol. The molecule has 0 unspecified atom stereocenters. The summed E-state index contributed by atoms with van der Waals surface area (Å²) in [5, 5.41) is 3.00. The fraction of sp³-hybridized carbons (Fsp3) is 0.278. The van der Waals surface area contributed by atoms with Crippen LogP contribution in [0, 0.1) is 0 Å². The molecule has 1 aromatic carbocycles. The molecule has 0 fully saturated rings. The minimum atomic E-state index is -0.385. The van der Waals surface area contributed by atoms with Gasteiger partial charge in [-0.15, -0.1) is 0 Å². The lowest BCUT2D eigenvalue weighted by molar-refractivity contribution is 0.0600. The van der Waals surface area contributed by atoms with Gasteiger partial charge in [0.15, 0.2) is 0 Å². The number of ether oxygens (including phenoxy) is 2. The Morgan fingerprint density at radius 2 is 2.08 bits per heavy atom. The smallest absolute Gasteiger partial charge is 0.337 e. The molecule has 1 N–H and O–H groups in total. The fourth-order valence-corrected chi connectivity index (χ4v) is 2.96. The molecule has 1 amide bonds. The van der Waals surface area contributed by atoms with Crippen molar-refractivity contribution >= 4 is 11.9 Å². The maximum atomic E-state index is 12.5. The summed E-state index contributed by atoms with van der Waals surface area (Å²) in [5.74, 6) is -0.346. The highest BCUT2D eigenvalue weighted by atomic mass is 16.5. The van der Waals surface area contributed by atoms with Crippen molar-refractivity contribution in [3.63, 3.8) is 0 Å². The molecule has 24 heavy (non-hydrogen) atoms. The van der Waals surface area contributed by atoms with Gasteiger partial charge in [-0.3, -0.25) is 4.79 Å². The van der Waals surface area contributed by atoms with Gasteiger partial charge in [0.2, 0.25) is 5.88 Å². The molecule has 3 rings (SSSR count). The summed E-state index contributed by atoms with van der Waals surface area (Å²) in [6, 6.07) is 8.66. The Labute approximate surface area is 139 Å². The second kappa shape index (κ2) is 6.70. The molecule has 0 bridgehead atoms. The van der Waals surface area contributed by atoms with E-state index in [0.717, 1.165) is 24.0 Å². The number of pyridine rings is 1. The third kappa shape index (κ3) is 2.95. The average Bonchev–Trinajstić information content (AvgIpc) is 3.03. The van der Waals surface area contributed by atoms with Gasteiger partial charge in [0, 0.05) is 6.20 Å². The van der Waals surface area contributed by atoms with Crippen molar-refractivity contribution in [2.45, 2.75) is 18.9 Å². The third-order valence-corrected chi connectivity index (χ3v) is 4.16. The Morgan fingerprint density at radius 3 is 2.83 bits per heavy atom. The summed E-state index contributed by atoms with van der Waals surface area (Å²) in [5.41, 5.74) is 2.95. The van der Waals surface area contributed by atoms with Gasteiger partial charge in [-0.25, -0.2) is 9.78 Å². The first-order chi connectivity index (χ1) is 11.6. The number of carbonyl (C=O) groups excluding carboxylic acids is 2. The Balaban J connectivity index is 1.83. The molecule has 1 heterocycles. The summed E-state index contributed by atoms with van der Waals surface area (Å²) in [4.78, 5) is 28.3. The molecule has 6 heteroatoms. The summed E-state index contributed by atoms with van der Waals surface area (Å²) < 4.78 is 9.89. The van der Waals surface area contributed by atoms with Crippen LogP contribution in [0.25, 0.3) is 0 Å². The zero-order valence-corrected chi connectivity index (χ0v) is 13.5. The van der Waals surface area contributed by atoms with Crippen LogP contribution in [0.2, 0.25) is 0 Å². The van der Waals surface area contributed by atoms with Crippen LogP contribution in [0.15, 0.2) is 36.5 Å². The minimum absolute atomic E-state index is 0.151. The molecule has 1 aromatic heterocycles. The standard InChI is InChI=1S/C18H18N2O4/c1-23-17-13(4-3-9-19-17)16(21)20-15-8-7-11-5-6-12(10-14(11)15)18(22)24-2/h3-6,9-10,15H,7-8H2,1-2H3,(H,20,21)/t15-/m1/s1. The normalized spacial score (nSPS) is 15.5. The van der Waals surface area contributed by atoms with Crippen molar-refractivity contribution in [3.8, 4) is 5.88 Å². The zero-order chi connectivity index (χ0) is 17.1. The van der Waals surface area contributed by atoms with Crippen molar-refractivity contribution in [1.82, 2.24) is 10.3 Å². The van der Waals surface area contributed by atoms with Gasteiger partial charge in [-0.2, -0.15) is 0 Å². The first-order valence-electron chi connectivity index (χ1n) is 7.65. The van der Waals surface area contributed by atoms with Gasteiger partial charge >= 0.3 is 5.97 Å². The van der Waals surface area contributed by atoms with Crippen LogP contribution in [-0.4, -0.2) is 31.1 Å². The number of esters is 1. The maximum Gasteiger partial charge on any atom is 0.337 e. The number of methoxy groups -OCH3 is 2. The average molecular weight is 326 g/mol. The van der Waals surface area contributed by atoms with E-state index in [1.807, 2.05) is 6.07 Å². The Morgan fingerprint density at radius 1 is 1.25 bits per heavy atom. The maximum absolute atomic E-state index is 12.5. The molecule has 0 radical (unpaired) electrons. The lowest BCUT2D eigenvalue weighted by Gasteiger charge is -2.15. The number of fused-ring (bicyclic) bond motifs is 1. The van der Waals surface area contributed by atoms with Crippen molar-refractivity contribution in [1.29, 1.82) is 0 Å². The SMILES string of the molecule is COC(=O)c1ccc2c(c1)[C@H](NC(=O)c1cccnc1OC)CC2. The Hall–Kier alpha value is -2.89. The first kappa shape index (κ1) is 16.0. The number of nitrogens with zero attached hydrogens (tertiary/aromatic N) is 1. The molecule has 124 valence electrons. The fourth-order valence-electron chi connectivity index (χ4n) is 2.96. The van der Waals surface area contributed by atoms with E-state index in [1.165, 1.54) is 14.2 Å². The Bertz CT molecular complexity index is 788. The van der Waals surface area contributed by atoms with E-state index in [4.69, 9.17) is 9.47 Å². The summed E-state index contributed by atoms with van der Waals surface area (Å²) in [6.45, 7) is 0. The highest BCUT2D eigenvalue weighted by Crippen LogP contribution is 2.32. The van der Waals surface area contributed by atoms with E-state index in [2.05, 4.69) is 10.3 Å². The third-order valence-electron chi connectivity index (χ3n) is 4.16. The molecule has 2 aromatic rings. The number of hydrogen-bond acceptors (Lipinski definition) is 5. The largest absolute Gasteiger partial charge is 0.480 e. The van der Waals surface area contributed by atoms with Gasteiger partial charge in [0.05, 0.1) is 25.8 Å². The van der Waals surface area contributed by atoms with Gasteiger partial charge < -0.3 is 14.8 Å². The number of nitrogens with one attached hydrogen (secondary N) is 1. The predicted octanol–water partition coefficient (Wildman–Crippen LogP) is 2.29. The molecule has 0 saturated carbocycles. The van der Waals surface area contributed by atoms with Crippen LogP contribution in [-0.2, 0) is 11.2 Å². The molecule has 1 aliphatic carbocycles. The van der Waals surface area contributed by atoms with Crippen molar-refractivity contribution in [3.05, 3.63) is 58.8 Å². The van der Waals surface area contributed by atoms with Crippen LogP contribution in [0.5, 0.6) is 5.88 Å². The van der Waals surface area contributed by atoms with E-state index in [9.17, 15) is 9.59 Å². The second-order valence-electron chi connectivity index (χ2n) is 5.53. The zero-order valence-electron chi connectivity index (χ0n) is 13.5. The summed E-state index contributed by atoms with van der Waals surface area (Å²) in [6.07, 6.45) is 3.21. The number of benzene rings is 1. The van der Waals surface area contributed by atoms with Crippen molar-refractivity contribution in [2.75, 3.05) is 14.2 Å². The van der Waals surface area contributed by atoms with Crippen LogP contribution in [0.1, 0.15) is 44.3 Å². The van der Waals surface area contributed by atoms with Crippen molar-refractivity contribution in [2.24, 2.45) is 0 Å². The summed E-state index contributed by atoms with van der Waals surface area (Å²) in [7, 11) is 2.83. The number of carbonyl (C=O) groups is 2.